The first-order valence-corrected chi connectivity index (χ1v) is 7.79. The Hall–Kier alpha value is -0.520. The molecule has 0 aromatic heterocycles. The number of hydrogen-bond donors (Lipinski definition) is 1. The maximum Gasteiger partial charge on any atom is 0.316 e. The Bertz CT molecular complexity index is 452. The van der Waals surface area contributed by atoms with E-state index in [2.05, 4.69) is 15.9 Å². The van der Waals surface area contributed by atoms with Gasteiger partial charge in [0.05, 0.1) is 11.9 Å². The van der Waals surface area contributed by atoms with E-state index in [0.29, 0.717) is 0 Å². The van der Waals surface area contributed by atoms with E-state index in [1.54, 1.807) is 6.92 Å². The van der Waals surface area contributed by atoms with Crippen molar-refractivity contribution in [1.29, 1.82) is 0 Å². The molecule has 0 fully saturated rings. The van der Waals surface area contributed by atoms with Crippen LogP contribution in [0, 0.1) is 0 Å². The average Bonchev–Trinajstić information content (AvgIpc) is 2.23. The van der Waals surface area contributed by atoms with Crippen LogP contribution in [0.5, 0.6) is 0 Å². The Kier molecular flexibility index (Phi) is 5.89. The predicted octanol–water partition coefficient (Wildman–Crippen LogP) is 3.94. The molecular weight excluding hydrogens is 328 g/mol. The summed E-state index contributed by atoms with van der Waals surface area (Å²) in [6, 6.07) is 5.63. The molecule has 1 aromatic carbocycles. The quantitative estimate of drug-likeness (QED) is 0.662. The van der Waals surface area contributed by atoms with Gasteiger partial charge in [0.2, 0.25) is 0 Å². The second-order valence-electron chi connectivity index (χ2n) is 5.23. The van der Waals surface area contributed by atoms with Gasteiger partial charge in [0.25, 0.3) is 0 Å². The second kappa shape index (κ2) is 6.77. The number of rotatable bonds is 4. The van der Waals surface area contributed by atoms with E-state index < -0.39 is 11.7 Å². The Labute approximate surface area is 126 Å². The number of carbonyl (C=O) groups excluding carboxylic acids is 1. The van der Waals surface area contributed by atoms with E-state index in [1.807, 2.05) is 39.0 Å². The zero-order chi connectivity index (χ0) is 14.6. The minimum Gasteiger partial charge on any atom is -0.459 e. The van der Waals surface area contributed by atoms with E-state index in [9.17, 15) is 9.90 Å². The monoisotopic (exact) mass is 346 g/mol. The van der Waals surface area contributed by atoms with Gasteiger partial charge in [-0.1, -0.05) is 22.0 Å². The van der Waals surface area contributed by atoms with E-state index in [1.165, 1.54) is 11.8 Å². The molecular formula is C14H19BrO3S. The summed E-state index contributed by atoms with van der Waals surface area (Å²) in [5, 5.41) is 9.70. The molecule has 106 valence electrons. The van der Waals surface area contributed by atoms with Crippen molar-refractivity contribution in [2.75, 3.05) is 5.75 Å². The first kappa shape index (κ1) is 16.5. The lowest BCUT2D eigenvalue weighted by atomic mass is 10.1. The predicted molar refractivity (Wildman–Crippen MR) is 81.3 cm³/mol. The lowest BCUT2D eigenvalue weighted by Gasteiger charge is -2.19. The molecule has 1 unspecified atom stereocenters. The number of hydrogen-bond acceptors (Lipinski definition) is 4. The molecule has 3 nitrogen and oxygen atoms in total. The number of esters is 1. The fourth-order valence-electron chi connectivity index (χ4n) is 1.49. The Morgan fingerprint density at radius 1 is 1.47 bits per heavy atom. The van der Waals surface area contributed by atoms with Crippen molar-refractivity contribution in [1.82, 2.24) is 0 Å². The zero-order valence-corrected chi connectivity index (χ0v) is 14.0. The first-order chi connectivity index (χ1) is 8.69. The lowest BCUT2D eigenvalue weighted by Crippen LogP contribution is -2.24. The SMILES string of the molecule is CC(O)c1ccc(Br)cc1SCC(=O)OC(C)(C)C. The number of benzene rings is 1. The van der Waals surface area contributed by atoms with Gasteiger partial charge in [-0.2, -0.15) is 0 Å². The Morgan fingerprint density at radius 2 is 2.11 bits per heavy atom. The summed E-state index contributed by atoms with van der Waals surface area (Å²) in [4.78, 5) is 12.6. The van der Waals surface area contributed by atoms with Crippen LogP contribution in [-0.2, 0) is 9.53 Å². The highest BCUT2D eigenvalue weighted by Crippen LogP contribution is 2.30. The Balaban J connectivity index is 2.72. The molecule has 0 heterocycles. The van der Waals surface area contributed by atoms with E-state index >= 15 is 0 Å². The van der Waals surface area contributed by atoms with Crippen molar-refractivity contribution >= 4 is 33.7 Å². The highest BCUT2D eigenvalue weighted by molar-refractivity contribution is 9.10. The topological polar surface area (TPSA) is 46.5 Å². The molecule has 0 aliphatic carbocycles. The molecule has 19 heavy (non-hydrogen) atoms. The van der Waals surface area contributed by atoms with Gasteiger partial charge in [-0.3, -0.25) is 4.79 Å². The van der Waals surface area contributed by atoms with E-state index in [0.717, 1.165) is 14.9 Å². The van der Waals surface area contributed by atoms with Crippen LogP contribution in [0.4, 0.5) is 0 Å². The molecule has 0 saturated heterocycles. The third-order valence-corrected chi connectivity index (χ3v) is 3.73. The standard InChI is InChI=1S/C14H19BrO3S/c1-9(16)11-6-5-10(15)7-12(11)19-8-13(17)18-14(2,3)4/h5-7,9,16H,8H2,1-4H3. The van der Waals surface area contributed by atoms with Crippen LogP contribution in [0.25, 0.3) is 0 Å². The smallest absolute Gasteiger partial charge is 0.316 e. The van der Waals surface area contributed by atoms with Gasteiger partial charge < -0.3 is 9.84 Å². The summed E-state index contributed by atoms with van der Waals surface area (Å²) >= 11 is 4.76. The lowest BCUT2D eigenvalue weighted by molar-refractivity contribution is -0.151. The van der Waals surface area contributed by atoms with Gasteiger partial charge >= 0.3 is 5.97 Å². The summed E-state index contributed by atoms with van der Waals surface area (Å²) in [7, 11) is 0. The number of halogens is 1. The number of aliphatic hydroxyl groups excluding tert-OH is 1. The molecule has 1 rings (SSSR count). The summed E-state index contributed by atoms with van der Waals surface area (Å²) in [5.74, 6) is -0.0259. The molecule has 0 aliphatic rings. The summed E-state index contributed by atoms with van der Waals surface area (Å²) in [5.41, 5.74) is 0.346. The third kappa shape index (κ3) is 5.97. The van der Waals surface area contributed by atoms with Crippen molar-refractivity contribution in [2.45, 2.75) is 44.3 Å². The van der Waals surface area contributed by atoms with Crippen LogP contribution in [0.3, 0.4) is 0 Å². The largest absolute Gasteiger partial charge is 0.459 e. The first-order valence-electron chi connectivity index (χ1n) is 6.01. The molecule has 1 atom stereocenters. The van der Waals surface area contributed by atoms with Crippen LogP contribution >= 0.6 is 27.7 Å². The summed E-state index contributed by atoms with van der Waals surface area (Å²) in [6.07, 6.45) is -0.561. The molecule has 0 aliphatic heterocycles. The highest BCUT2D eigenvalue weighted by Gasteiger charge is 2.17. The fourth-order valence-corrected chi connectivity index (χ4v) is 2.95. The van der Waals surface area contributed by atoms with Gasteiger partial charge in [0, 0.05) is 9.37 Å². The number of ether oxygens (including phenoxy) is 1. The van der Waals surface area contributed by atoms with Gasteiger partial charge in [-0.05, 0) is 45.4 Å². The molecule has 5 heteroatoms. The van der Waals surface area contributed by atoms with Crippen molar-refractivity contribution in [3.8, 4) is 0 Å². The number of aliphatic hydroxyl groups is 1. The molecule has 0 bridgehead atoms. The van der Waals surface area contributed by atoms with Gasteiger partial charge in [-0.15, -0.1) is 11.8 Å². The van der Waals surface area contributed by atoms with Crippen LogP contribution in [0.15, 0.2) is 27.6 Å². The molecule has 0 spiro atoms. The number of thioether (sulfide) groups is 1. The highest BCUT2D eigenvalue weighted by atomic mass is 79.9. The fraction of sp³-hybridized carbons (Fsp3) is 0.500. The van der Waals surface area contributed by atoms with Crippen LogP contribution in [-0.4, -0.2) is 22.4 Å². The van der Waals surface area contributed by atoms with E-state index in [4.69, 9.17) is 4.74 Å². The molecule has 1 aromatic rings. The van der Waals surface area contributed by atoms with E-state index in [-0.39, 0.29) is 11.7 Å². The third-order valence-electron chi connectivity index (χ3n) is 2.19. The van der Waals surface area contributed by atoms with Crippen LogP contribution < -0.4 is 0 Å². The minimum atomic E-state index is -0.561. The van der Waals surface area contributed by atoms with Crippen LogP contribution in [0.1, 0.15) is 39.4 Å². The van der Waals surface area contributed by atoms with Crippen molar-refractivity contribution in [3.63, 3.8) is 0 Å². The maximum absolute atomic E-state index is 11.7. The van der Waals surface area contributed by atoms with Gasteiger partial charge in [0.15, 0.2) is 0 Å². The molecule has 0 saturated carbocycles. The molecule has 0 radical (unpaired) electrons. The summed E-state index contributed by atoms with van der Waals surface area (Å²) in [6.45, 7) is 7.24. The van der Waals surface area contributed by atoms with Gasteiger partial charge in [-0.25, -0.2) is 0 Å². The Morgan fingerprint density at radius 3 is 2.63 bits per heavy atom. The maximum atomic E-state index is 11.7. The van der Waals surface area contributed by atoms with Crippen molar-refractivity contribution in [3.05, 3.63) is 28.2 Å². The number of carbonyl (C=O) groups is 1. The van der Waals surface area contributed by atoms with Crippen molar-refractivity contribution < 1.29 is 14.6 Å². The van der Waals surface area contributed by atoms with Crippen molar-refractivity contribution in [2.24, 2.45) is 0 Å². The molecule has 0 amide bonds. The minimum absolute atomic E-state index is 0.230. The van der Waals surface area contributed by atoms with Gasteiger partial charge in [0.1, 0.15) is 5.60 Å². The molecule has 1 N–H and O–H groups in total. The normalized spacial score (nSPS) is 13.2. The zero-order valence-electron chi connectivity index (χ0n) is 11.6. The average molecular weight is 347 g/mol. The second-order valence-corrected chi connectivity index (χ2v) is 7.17. The van der Waals surface area contributed by atoms with Crippen LogP contribution in [0.2, 0.25) is 0 Å². The summed E-state index contributed by atoms with van der Waals surface area (Å²) < 4.78 is 6.18.